The van der Waals surface area contributed by atoms with E-state index in [0.29, 0.717) is 31.9 Å². The van der Waals surface area contributed by atoms with Crippen molar-refractivity contribution in [3.8, 4) is 0 Å². The Hall–Kier alpha value is -1.72. The zero-order valence-electron chi connectivity index (χ0n) is 10.5. The zero-order chi connectivity index (χ0) is 13.4. The lowest BCUT2D eigenvalue weighted by molar-refractivity contribution is -0.385. The van der Waals surface area contributed by atoms with Crippen molar-refractivity contribution < 1.29 is 9.66 Å². The topological polar surface area (TPSA) is 64.4 Å². The Balaban J connectivity index is 2.45. The summed E-state index contributed by atoms with van der Waals surface area (Å²) in [6.45, 7) is 7.76. The molecule has 1 aromatic carbocycles. The van der Waals surface area contributed by atoms with Crippen LogP contribution in [0.4, 0.5) is 5.69 Å². The van der Waals surface area contributed by atoms with Gasteiger partial charge >= 0.3 is 0 Å². The van der Waals surface area contributed by atoms with E-state index in [9.17, 15) is 10.1 Å². The minimum Gasteiger partial charge on any atom is -0.376 e. The van der Waals surface area contributed by atoms with Crippen LogP contribution >= 0.6 is 0 Å². The zero-order valence-corrected chi connectivity index (χ0v) is 10.5. The molecule has 0 amide bonds. The summed E-state index contributed by atoms with van der Waals surface area (Å²) in [5, 5.41) is 14.0. The largest absolute Gasteiger partial charge is 0.376 e. The summed E-state index contributed by atoms with van der Waals surface area (Å²) in [7, 11) is 0. The standard InChI is InChI=1S/C13H18N2O3/c1-3-8-18-9-7-14-10-12-5-4-6-13(11(12)2)15(16)17/h3-6,14H,1,7-10H2,2H3. The fraction of sp³-hybridized carbons (Fsp3) is 0.385. The molecule has 0 atom stereocenters. The molecule has 1 rings (SSSR count). The van der Waals surface area contributed by atoms with Crippen molar-refractivity contribution in [1.29, 1.82) is 0 Å². The van der Waals surface area contributed by atoms with Crippen LogP contribution < -0.4 is 5.32 Å². The van der Waals surface area contributed by atoms with Gasteiger partial charge in [-0.3, -0.25) is 10.1 Å². The first-order chi connectivity index (χ1) is 8.66. The molecular formula is C13H18N2O3. The third kappa shape index (κ3) is 4.27. The van der Waals surface area contributed by atoms with Crippen LogP contribution in [0, 0.1) is 17.0 Å². The summed E-state index contributed by atoms with van der Waals surface area (Å²) in [5.41, 5.74) is 1.81. The van der Waals surface area contributed by atoms with E-state index < -0.39 is 0 Å². The van der Waals surface area contributed by atoms with Gasteiger partial charge in [-0.15, -0.1) is 6.58 Å². The number of hydrogen-bond acceptors (Lipinski definition) is 4. The number of nitro groups is 1. The van der Waals surface area contributed by atoms with Gasteiger partial charge in [0.15, 0.2) is 0 Å². The quantitative estimate of drug-likeness (QED) is 0.332. The van der Waals surface area contributed by atoms with Crippen molar-refractivity contribution in [2.24, 2.45) is 0 Å². The van der Waals surface area contributed by atoms with E-state index in [4.69, 9.17) is 4.74 Å². The van der Waals surface area contributed by atoms with Crippen LogP contribution in [-0.2, 0) is 11.3 Å². The predicted molar refractivity (Wildman–Crippen MR) is 70.6 cm³/mol. The summed E-state index contributed by atoms with van der Waals surface area (Å²) in [6.07, 6.45) is 1.70. The summed E-state index contributed by atoms with van der Waals surface area (Å²) < 4.78 is 5.22. The van der Waals surface area contributed by atoms with Crippen LogP contribution in [0.15, 0.2) is 30.9 Å². The lowest BCUT2D eigenvalue weighted by Gasteiger charge is -2.08. The molecule has 0 radical (unpaired) electrons. The number of benzene rings is 1. The minimum absolute atomic E-state index is 0.164. The molecular weight excluding hydrogens is 232 g/mol. The highest BCUT2D eigenvalue weighted by molar-refractivity contribution is 5.44. The molecule has 5 heteroatoms. The monoisotopic (exact) mass is 250 g/mol. The van der Waals surface area contributed by atoms with Crippen molar-refractivity contribution in [1.82, 2.24) is 5.32 Å². The molecule has 5 nitrogen and oxygen atoms in total. The highest BCUT2D eigenvalue weighted by atomic mass is 16.6. The van der Waals surface area contributed by atoms with Gasteiger partial charge in [-0.1, -0.05) is 18.2 Å². The van der Waals surface area contributed by atoms with Gasteiger partial charge in [-0.2, -0.15) is 0 Å². The maximum absolute atomic E-state index is 10.8. The predicted octanol–water partition coefficient (Wildman–Crippen LogP) is 2.20. The van der Waals surface area contributed by atoms with E-state index in [-0.39, 0.29) is 10.6 Å². The lowest BCUT2D eigenvalue weighted by Crippen LogP contribution is -2.20. The Labute approximate surface area is 107 Å². The number of nitro benzene ring substituents is 1. The SMILES string of the molecule is C=CCOCCNCc1cccc([N+](=O)[O-])c1C. The normalized spacial score (nSPS) is 10.3. The molecule has 1 aromatic rings. The molecule has 0 bridgehead atoms. The summed E-state index contributed by atoms with van der Waals surface area (Å²) in [6, 6.07) is 5.11. The fourth-order valence-electron chi connectivity index (χ4n) is 1.59. The molecule has 0 saturated heterocycles. The third-order valence-corrected chi connectivity index (χ3v) is 2.59. The van der Waals surface area contributed by atoms with Crippen LogP contribution in [0.25, 0.3) is 0 Å². The fourth-order valence-corrected chi connectivity index (χ4v) is 1.59. The smallest absolute Gasteiger partial charge is 0.272 e. The van der Waals surface area contributed by atoms with Crippen LogP contribution in [0.2, 0.25) is 0 Å². The molecule has 0 aromatic heterocycles. The molecule has 0 heterocycles. The van der Waals surface area contributed by atoms with Gasteiger partial charge in [-0.05, 0) is 12.5 Å². The molecule has 0 fully saturated rings. The van der Waals surface area contributed by atoms with Gasteiger partial charge in [-0.25, -0.2) is 0 Å². The average molecular weight is 250 g/mol. The van der Waals surface area contributed by atoms with E-state index >= 15 is 0 Å². The average Bonchev–Trinajstić information content (AvgIpc) is 2.35. The van der Waals surface area contributed by atoms with E-state index in [1.54, 1.807) is 19.1 Å². The number of ether oxygens (including phenoxy) is 1. The van der Waals surface area contributed by atoms with E-state index in [2.05, 4.69) is 11.9 Å². The molecule has 98 valence electrons. The summed E-state index contributed by atoms with van der Waals surface area (Å²) in [4.78, 5) is 10.4. The Morgan fingerprint density at radius 3 is 3.00 bits per heavy atom. The Morgan fingerprint density at radius 1 is 1.56 bits per heavy atom. The molecule has 0 aliphatic rings. The number of nitrogens with one attached hydrogen (secondary N) is 1. The van der Waals surface area contributed by atoms with Crippen molar-refractivity contribution >= 4 is 5.69 Å². The lowest BCUT2D eigenvalue weighted by atomic mass is 10.1. The van der Waals surface area contributed by atoms with Crippen molar-refractivity contribution in [3.05, 3.63) is 52.1 Å². The van der Waals surface area contributed by atoms with E-state index in [1.165, 1.54) is 6.07 Å². The Morgan fingerprint density at radius 2 is 2.33 bits per heavy atom. The Kier molecular flexibility index (Phi) is 6.04. The van der Waals surface area contributed by atoms with E-state index in [0.717, 1.165) is 5.56 Å². The minimum atomic E-state index is -0.355. The maximum Gasteiger partial charge on any atom is 0.272 e. The molecule has 0 unspecified atom stereocenters. The molecule has 0 spiro atoms. The van der Waals surface area contributed by atoms with Gasteiger partial charge in [0, 0.05) is 24.7 Å². The van der Waals surface area contributed by atoms with Crippen LogP contribution in [0.5, 0.6) is 0 Å². The molecule has 1 N–H and O–H groups in total. The highest BCUT2D eigenvalue weighted by Crippen LogP contribution is 2.20. The second kappa shape index (κ2) is 7.58. The number of rotatable bonds is 8. The molecule has 0 aliphatic heterocycles. The summed E-state index contributed by atoms with van der Waals surface area (Å²) in [5.74, 6) is 0. The summed E-state index contributed by atoms with van der Waals surface area (Å²) >= 11 is 0. The number of nitrogens with zero attached hydrogens (tertiary/aromatic N) is 1. The van der Waals surface area contributed by atoms with Crippen LogP contribution in [0.1, 0.15) is 11.1 Å². The second-order valence-electron chi connectivity index (χ2n) is 3.86. The molecule has 0 aliphatic carbocycles. The molecule has 0 saturated carbocycles. The number of hydrogen-bond donors (Lipinski definition) is 1. The van der Waals surface area contributed by atoms with Gasteiger partial charge < -0.3 is 10.1 Å². The van der Waals surface area contributed by atoms with Gasteiger partial charge in [0.2, 0.25) is 0 Å². The maximum atomic E-state index is 10.8. The Bertz CT molecular complexity index is 419. The van der Waals surface area contributed by atoms with Crippen LogP contribution in [-0.4, -0.2) is 24.7 Å². The first-order valence-electron chi connectivity index (χ1n) is 5.79. The third-order valence-electron chi connectivity index (χ3n) is 2.59. The highest BCUT2D eigenvalue weighted by Gasteiger charge is 2.12. The van der Waals surface area contributed by atoms with Gasteiger partial charge in [0.25, 0.3) is 5.69 Å². The van der Waals surface area contributed by atoms with E-state index in [1.807, 2.05) is 6.07 Å². The van der Waals surface area contributed by atoms with Crippen molar-refractivity contribution in [3.63, 3.8) is 0 Å². The van der Waals surface area contributed by atoms with Gasteiger partial charge in [0.1, 0.15) is 0 Å². The molecule has 18 heavy (non-hydrogen) atoms. The first-order valence-corrected chi connectivity index (χ1v) is 5.79. The first kappa shape index (κ1) is 14.3. The second-order valence-corrected chi connectivity index (χ2v) is 3.86. The van der Waals surface area contributed by atoms with Crippen molar-refractivity contribution in [2.75, 3.05) is 19.8 Å². The van der Waals surface area contributed by atoms with Gasteiger partial charge in [0.05, 0.1) is 18.1 Å². The van der Waals surface area contributed by atoms with Crippen LogP contribution in [0.3, 0.4) is 0 Å². The van der Waals surface area contributed by atoms with Crippen molar-refractivity contribution in [2.45, 2.75) is 13.5 Å².